The minimum atomic E-state index is 0.0343. The number of fused-ring (bicyclic) bond motifs is 1. The lowest BCUT2D eigenvalue weighted by molar-refractivity contribution is 0.282. The Kier molecular flexibility index (Phi) is 1.75. The Balaban J connectivity index is 2.66. The molecule has 0 aliphatic heterocycles. The van der Waals surface area contributed by atoms with Gasteiger partial charge in [0.05, 0.1) is 17.6 Å². The fraction of sp³-hybridized carbons (Fsp3) is 0.125. The first-order valence-corrected chi connectivity index (χ1v) is 3.92. The number of imidazole rings is 1. The van der Waals surface area contributed by atoms with Gasteiger partial charge in [-0.3, -0.25) is 0 Å². The molecule has 0 aliphatic carbocycles. The molecule has 62 valence electrons. The van der Waals surface area contributed by atoms with Crippen molar-refractivity contribution in [3.05, 3.63) is 29.0 Å². The number of aliphatic hydroxyl groups is 1. The fourth-order valence-electron chi connectivity index (χ4n) is 1.12. The predicted octanol–water partition coefficient (Wildman–Crippen LogP) is 1.71. The molecule has 0 amide bonds. The van der Waals surface area contributed by atoms with Crippen LogP contribution in [0.5, 0.6) is 0 Å². The van der Waals surface area contributed by atoms with Crippen LogP contribution >= 0.6 is 11.6 Å². The van der Waals surface area contributed by atoms with Crippen molar-refractivity contribution in [2.75, 3.05) is 0 Å². The average Bonchev–Trinajstić information content (AvgIpc) is 2.43. The SMILES string of the molecule is OCc1ccc2nc(Cl)[nH]c2c1. The molecular formula is C8H7ClN2O. The molecule has 4 heteroatoms. The molecule has 0 atom stereocenters. The van der Waals surface area contributed by atoms with Crippen molar-refractivity contribution in [1.29, 1.82) is 0 Å². The number of halogens is 1. The lowest BCUT2D eigenvalue weighted by atomic mass is 10.2. The van der Waals surface area contributed by atoms with Crippen LogP contribution in [0.4, 0.5) is 0 Å². The summed E-state index contributed by atoms with van der Waals surface area (Å²) in [6.45, 7) is 0.0343. The minimum Gasteiger partial charge on any atom is -0.392 e. The van der Waals surface area contributed by atoms with Gasteiger partial charge in [0, 0.05) is 0 Å². The topological polar surface area (TPSA) is 48.9 Å². The van der Waals surface area contributed by atoms with Gasteiger partial charge in [0.1, 0.15) is 0 Å². The fourth-order valence-corrected chi connectivity index (χ4v) is 1.32. The molecule has 3 nitrogen and oxygen atoms in total. The average molecular weight is 183 g/mol. The van der Waals surface area contributed by atoms with Gasteiger partial charge in [-0.2, -0.15) is 0 Å². The highest BCUT2D eigenvalue weighted by Crippen LogP contribution is 2.15. The maximum Gasteiger partial charge on any atom is 0.201 e. The number of hydrogen-bond acceptors (Lipinski definition) is 2. The molecule has 12 heavy (non-hydrogen) atoms. The minimum absolute atomic E-state index is 0.0343. The van der Waals surface area contributed by atoms with Crippen LogP contribution in [0.15, 0.2) is 18.2 Å². The number of rotatable bonds is 1. The van der Waals surface area contributed by atoms with Gasteiger partial charge in [-0.25, -0.2) is 4.98 Å². The van der Waals surface area contributed by atoms with Crippen LogP contribution in [0, 0.1) is 0 Å². The van der Waals surface area contributed by atoms with E-state index in [9.17, 15) is 0 Å². The molecule has 0 saturated carbocycles. The Labute approximate surface area is 74.0 Å². The summed E-state index contributed by atoms with van der Waals surface area (Å²) in [5.74, 6) is 0. The van der Waals surface area contributed by atoms with Gasteiger partial charge in [-0.15, -0.1) is 0 Å². The number of aromatic amines is 1. The second-order valence-electron chi connectivity index (χ2n) is 2.54. The van der Waals surface area contributed by atoms with E-state index in [-0.39, 0.29) is 6.61 Å². The smallest absolute Gasteiger partial charge is 0.201 e. The highest BCUT2D eigenvalue weighted by molar-refractivity contribution is 6.29. The molecular weight excluding hydrogens is 176 g/mol. The molecule has 0 unspecified atom stereocenters. The van der Waals surface area contributed by atoms with E-state index < -0.39 is 0 Å². The highest BCUT2D eigenvalue weighted by atomic mass is 35.5. The van der Waals surface area contributed by atoms with Gasteiger partial charge >= 0.3 is 0 Å². The first-order valence-electron chi connectivity index (χ1n) is 3.54. The molecule has 2 aromatic rings. The largest absolute Gasteiger partial charge is 0.392 e. The van der Waals surface area contributed by atoms with Crippen LogP contribution in [0.25, 0.3) is 11.0 Å². The third-order valence-corrected chi connectivity index (χ3v) is 1.88. The number of H-pyrrole nitrogens is 1. The normalized spacial score (nSPS) is 10.8. The summed E-state index contributed by atoms with van der Waals surface area (Å²) in [5, 5.41) is 9.21. The van der Waals surface area contributed by atoms with Gasteiger partial charge < -0.3 is 10.1 Å². The molecule has 0 saturated heterocycles. The van der Waals surface area contributed by atoms with Crippen molar-refractivity contribution in [3.8, 4) is 0 Å². The van der Waals surface area contributed by atoms with Gasteiger partial charge in [0.15, 0.2) is 0 Å². The van der Waals surface area contributed by atoms with Crippen LogP contribution in [-0.2, 0) is 6.61 Å². The van der Waals surface area contributed by atoms with E-state index in [2.05, 4.69) is 9.97 Å². The van der Waals surface area contributed by atoms with Crippen LogP contribution in [0.3, 0.4) is 0 Å². The molecule has 1 heterocycles. The Hall–Kier alpha value is -1.06. The molecule has 1 aromatic carbocycles. The molecule has 0 radical (unpaired) electrons. The first kappa shape index (κ1) is 7.58. The van der Waals surface area contributed by atoms with E-state index in [1.165, 1.54) is 0 Å². The van der Waals surface area contributed by atoms with Gasteiger partial charge in [0.25, 0.3) is 0 Å². The van der Waals surface area contributed by atoms with E-state index in [4.69, 9.17) is 16.7 Å². The predicted molar refractivity (Wildman–Crippen MR) is 47.0 cm³/mol. The number of nitrogens with one attached hydrogen (secondary N) is 1. The highest BCUT2D eigenvalue weighted by Gasteiger charge is 2.00. The number of aromatic nitrogens is 2. The number of aliphatic hydroxyl groups excluding tert-OH is 1. The number of hydrogen-bond donors (Lipinski definition) is 2. The van der Waals surface area contributed by atoms with Crippen molar-refractivity contribution < 1.29 is 5.11 Å². The summed E-state index contributed by atoms with van der Waals surface area (Å²) < 4.78 is 0. The summed E-state index contributed by atoms with van der Waals surface area (Å²) in [4.78, 5) is 6.89. The summed E-state index contributed by atoms with van der Waals surface area (Å²) >= 11 is 5.65. The van der Waals surface area contributed by atoms with Crippen LogP contribution < -0.4 is 0 Å². The Morgan fingerprint density at radius 2 is 2.33 bits per heavy atom. The first-order chi connectivity index (χ1) is 5.79. The van der Waals surface area contributed by atoms with E-state index in [1.807, 2.05) is 18.2 Å². The molecule has 2 rings (SSSR count). The van der Waals surface area contributed by atoms with Crippen molar-refractivity contribution in [3.63, 3.8) is 0 Å². The summed E-state index contributed by atoms with van der Waals surface area (Å²) in [5.41, 5.74) is 2.52. The molecule has 0 bridgehead atoms. The lowest BCUT2D eigenvalue weighted by Crippen LogP contribution is -1.81. The van der Waals surface area contributed by atoms with Gasteiger partial charge in [0.2, 0.25) is 5.28 Å². The third kappa shape index (κ3) is 1.17. The third-order valence-electron chi connectivity index (χ3n) is 1.70. The van der Waals surface area contributed by atoms with Gasteiger partial charge in [-0.05, 0) is 29.3 Å². The molecule has 2 N–H and O–H groups in total. The Bertz CT molecular complexity index is 410. The second-order valence-corrected chi connectivity index (χ2v) is 2.90. The van der Waals surface area contributed by atoms with E-state index in [0.717, 1.165) is 16.6 Å². The zero-order valence-corrected chi connectivity index (χ0v) is 6.97. The van der Waals surface area contributed by atoms with Crippen molar-refractivity contribution >= 4 is 22.6 Å². The van der Waals surface area contributed by atoms with Crippen molar-refractivity contribution in [1.82, 2.24) is 9.97 Å². The van der Waals surface area contributed by atoms with Crippen LogP contribution in [0.2, 0.25) is 5.28 Å². The maximum absolute atomic E-state index is 8.84. The summed E-state index contributed by atoms with van der Waals surface area (Å²) in [6, 6.07) is 5.47. The quantitative estimate of drug-likeness (QED) is 0.706. The Morgan fingerprint density at radius 1 is 1.50 bits per heavy atom. The molecule has 0 aliphatic rings. The van der Waals surface area contributed by atoms with E-state index in [1.54, 1.807) is 0 Å². The van der Waals surface area contributed by atoms with Crippen LogP contribution in [0.1, 0.15) is 5.56 Å². The lowest BCUT2D eigenvalue weighted by Gasteiger charge is -1.93. The number of benzene rings is 1. The summed E-state index contributed by atoms with van der Waals surface area (Å²) in [7, 11) is 0. The second kappa shape index (κ2) is 2.77. The zero-order chi connectivity index (χ0) is 8.55. The molecule has 0 fully saturated rings. The van der Waals surface area contributed by atoms with Gasteiger partial charge in [-0.1, -0.05) is 6.07 Å². The standard InChI is InChI=1S/C8H7ClN2O/c9-8-10-6-2-1-5(4-12)3-7(6)11-8/h1-3,12H,4H2,(H,10,11). The van der Waals surface area contributed by atoms with E-state index >= 15 is 0 Å². The molecule has 0 spiro atoms. The number of nitrogens with zero attached hydrogens (tertiary/aromatic N) is 1. The maximum atomic E-state index is 8.84. The monoisotopic (exact) mass is 182 g/mol. The van der Waals surface area contributed by atoms with Crippen molar-refractivity contribution in [2.45, 2.75) is 6.61 Å². The summed E-state index contributed by atoms with van der Waals surface area (Å²) in [6.07, 6.45) is 0. The zero-order valence-electron chi connectivity index (χ0n) is 6.21. The van der Waals surface area contributed by atoms with Crippen LogP contribution in [-0.4, -0.2) is 15.1 Å². The Morgan fingerprint density at radius 3 is 3.08 bits per heavy atom. The van der Waals surface area contributed by atoms with E-state index in [0.29, 0.717) is 5.28 Å². The molecule has 1 aromatic heterocycles. The van der Waals surface area contributed by atoms with Crippen molar-refractivity contribution in [2.24, 2.45) is 0 Å².